The number of likely N-dealkylation sites (N-methyl/N-ethyl adjacent to an activating group) is 1. The monoisotopic (exact) mass is 201 g/mol. The lowest BCUT2D eigenvalue weighted by atomic mass is 10.1. The Labute approximate surface area is 87.4 Å². The Morgan fingerprint density at radius 3 is 2.71 bits per heavy atom. The van der Waals surface area contributed by atoms with Crippen LogP contribution >= 0.6 is 0 Å². The predicted molar refractivity (Wildman–Crippen MR) is 58.5 cm³/mol. The summed E-state index contributed by atoms with van der Waals surface area (Å²) in [5.74, 6) is 0.248. The van der Waals surface area contributed by atoms with Crippen LogP contribution in [0.3, 0.4) is 0 Å². The van der Waals surface area contributed by atoms with Crippen molar-refractivity contribution in [2.24, 2.45) is 0 Å². The zero-order valence-corrected chi connectivity index (χ0v) is 9.88. The number of carbonyl (C=O) groups excluding carboxylic acids is 1. The van der Waals surface area contributed by atoms with Crippen LogP contribution in [-0.4, -0.2) is 43.5 Å². The molecule has 84 valence electrons. The van der Waals surface area contributed by atoms with E-state index in [0.717, 1.165) is 19.6 Å². The Bertz CT molecular complexity index is 159. The van der Waals surface area contributed by atoms with Crippen molar-refractivity contribution in [3.63, 3.8) is 0 Å². The Morgan fingerprint density at radius 1 is 1.50 bits per heavy atom. The number of hydrogen-bond acceptors (Lipinski definition) is 3. The van der Waals surface area contributed by atoms with Crippen molar-refractivity contribution in [2.75, 3.05) is 26.8 Å². The highest BCUT2D eigenvalue weighted by molar-refractivity contribution is 5.76. The minimum atomic E-state index is 0.248. The van der Waals surface area contributed by atoms with Crippen LogP contribution in [-0.2, 0) is 9.53 Å². The summed E-state index contributed by atoms with van der Waals surface area (Å²) in [6, 6.07) is 0.296. The van der Waals surface area contributed by atoms with E-state index < -0.39 is 0 Å². The number of Topliss-reactive ketones (excluding diaryl/α,β-unsaturated/α-hetero) is 1. The van der Waals surface area contributed by atoms with Gasteiger partial charge in [0.1, 0.15) is 5.78 Å². The lowest BCUT2D eigenvalue weighted by Crippen LogP contribution is -2.35. The SMILES string of the molecule is CC.CC(=O)CC1COCCCN1C. The van der Waals surface area contributed by atoms with Gasteiger partial charge in [-0.05, 0) is 20.4 Å². The van der Waals surface area contributed by atoms with Gasteiger partial charge in [-0.2, -0.15) is 0 Å². The molecule has 0 N–H and O–H groups in total. The molecule has 3 heteroatoms. The largest absolute Gasteiger partial charge is 0.380 e. The molecule has 14 heavy (non-hydrogen) atoms. The van der Waals surface area contributed by atoms with Crippen molar-refractivity contribution in [3.05, 3.63) is 0 Å². The van der Waals surface area contributed by atoms with Gasteiger partial charge in [-0.3, -0.25) is 4.79 Å². The third kappa shape index (κ3) is 5.35. The molecule has 1 aliphatic heterocycles. The predicted octanol–water partition coefficient (Wildman–Crippen LogP) is 1.71. The van der Waals surface area contributed by atoms with Gasteiger partial charge in [0.25, 0.3) is 0 Å². The second-order valence-electron chi connectivity index (χ2n) is 3.47. The molecule has 0 aliphatic carbocycles. The molecule has 0 spiro atoms. The molecule has 0 aromatic rings. The number of ketones is 1. The Hall–Kier alpha value is -0.410. The average Bonchev–Trinajstić information content (AvgIpc) is 2.35. The number of rotatable bonds is 2. The smallest absolute Gasteiger partial charge is 0.131 e. The Balaban J connectivity index is 0.000000791. The quantitative estimate of drug-likeness (QED) is 0.681. The minimum Gasteiger partial charge on any atom is -0.380 e. The van der Waals surface area contributed by atoms with Gasteiger partial charge in [0, 0.05) is 25.6 Å². The van der Waals surface area contributed by atoms with E-state index >= 15 is 0 Å². The third-order valence-electron chi connectivity index (χ3n) is 2.26. The van der Waals surface area contributed by atoms with Crippen molar-refractivity contribution in [1.29, 1.82) is 0 Å². The van der Waals surface area contributed by atoms with Crippen LogP contribution in [0.4, 0.5) is 0 Å². The molecule has 1 rings (SSSR count). The number of ether oxygens (including phenoxy) is 1. The fourth-order valence-electron chi connectivity index (χ4n) is 1.49. The minimum absolute atomic E-state index is 0.248. The van der Waals surface area contributed by atoms with Gasteiger partial charge in [-0.25, -0.2) is 0 Å². The van der Waals surface area contributed by atoms with E-state index in [0.29, 0.717) is 19.1 Å². The van der Waals surface area contributed by atoms with Crippen molar-refractivity contribution in [3.8, 4) is 0 Å². The molecular formula is C11H23NO2. The molecule has 1 unspecified atom stereocenters. The number of hydrogen-bond donors (Lipinski definition) is 0. The molecule has 3 nitrogen and oxygen atoms in total. The van der Waals surface area contributed by atoms with Crippen LogP contribution in [0.2, 0.25) is 0 Å². The molecule has 1 fully saturated rings. The molecule has 1 saturated heterocycles. The van der Waals surface area contributed by atoms with Crippen LogP contribution in [0.5, 0.6) is 0 Å². The second-order valence-corrected chi connectivity index (χ2v) is 3.47. The molecule has 1 atom stereocenters. The molecule has 0 radical (unpaired) electrons. The lowest BCUT2D eigenvalue weighted by molar-refractivity contribution is -0.118. The first-order chi connectivity index (χ1) is 6.70. The van der Waals surface area contributed by atoms with Crippen molar-refractivity contribution >= 4 is 5.78 Å². The summed E-state index contributed by atoms with van der Waals surface area (Å²) in [4.78, 5) is 13.1. The molecule has 0 bridgehead atoms. The fourth-order valence-corrected chi connectivity index (χ4v) is 1.49. The average molecular weight is 201 g/mol. The lowest BCUT2D eigenvalue weighted by Gasteiger charge is -2.23. The Kier molecular flexibility index (Phi) is 7.71. The highest BCUT2D eigenvalue weighted by Crippen LogP contribution is 2.08. The first-order valence-corrected chi connectivity index (χ1v) is 5.47. The van der Waals surface area contributed by atoms with Gasteiger partial charge >= 0.3 is 0 Å². The van der Waals surface area contributed by atoms with Gasteiger partial charge in [-0.1, -0.05) is 13.8 Å². The molecule has 0 saturated carbocycles. The third-order valence-corrected chi connectivity index (χ3v) is 2.26. The van der Waals surface area contributed by atoms with E-state index in [1.54, 1.807) is 6.92 Å². The highest BCUT2D eigenvalue weighted by Gasteiger charge is 2.18. The molecule has 0 aromatic heterocycles. The molecule has 0 aromatic carbocycles. The zero-order chi connectivity index (χ0) is 11.0. The molecular weight excluding hydrogens is 178 g/mol. The zero-order valence-electron chi connectivity index (χ0n) is 9.88. The topological polar surface area (TPSA) is 29.5 Å². The van der Waals surface area contributed by atoms with E-state index in [1.807, 2.05) is 13.8 Å². The summed E-state index contributed by atoms with van der Waals surface area (Å²) in [7, 11) is 2.06. The van der Waals surface area contributed by atoms with Crippen molar-refractivity contribution in [1.82, 2.24) is 4.90 Å². The van der Waals surface area contributed by atoms with Crippen LogP contribution in [0, 0.1) is 0 Å². The first kappa shape index (κ1) is 13.6. The summed E-state index contributed by atoms with van der Waals surface area (Å²) in [6.07, 6.45) is 1.70. The maximum Gasteiger partial charge on any atom is 0.131 e. The summed E-state index contributed by atoms with van der Waals surface area (Å²) >= 11 is 0. The van der Waals surface area contributed by atoms with Crippen molar-refractivity contribution in [2.45, 2.75) is 39.7 Å². The van der Waals surface area contributed by atoms with Crippen LogP contribution in [0.25, 0.3) is 0 Å². The molecule has 1 heterocycles. The van der Waals surface area contributed by atoms with Gasteiger partial charge in [-0.15, -0.1) is 0 Å². The maximum absolute atomic E-state index is 10.9. The fraction of sp³-hybridized carbons (Fsp3) is 0.909. The van der Waals surface area contributed by atoms with Gasteiger partial charge in [0.15, 0.2) is 0 Å². The number of carbonyl (C=O) groups is 1. The first-order valence-electron chi connectivity index (χ1n) is 5.47. The van der Waals surface area contributed by atoms with E-state index in [2.05, 4.69) is 11.9 Å². The van der Waals surface area contributed by atoms with Crippen LogP contribution in [0.15, 0.2) is 0 Å². The molecule has 1 aliphatic rings. The highest BCUT2D eigenvalue weighted by atomic mass is 16.5. The van der Waals surface area contributed by atoms with Gasteiger partial charge in [0.2, 0.25) is 0 Å². The Morgan fingerprint density at radius 2 is 2.14 bits per heavy atom. The van der Waals surface area contributed by atoms with Crippen molar-refractivity contribution < 1.29 is 9.53 Å². The van der Waals surface area contributed by atoms with E-state index in [4.69, 9.17) is 4.74 Å². The normalized spacial score (nSPS) is 23.3. The van der Waals surface area contributed by atoms with Gasteiger partial charge in [0.05, 0.1) is 6.61 Å². The second kappa shape index (κ2) is 7.94. The summed E-state index contributed by atoms with van der Waals surface area (Å²) in [5.41, 5.74) is 0. The maximum atomic E-state index is 10.9. The van der Waals surface area contributed by atoms with Crippen LogP contribution < -0.4 is 0 Å². The van der Waals surface area contributed by atoms with Gasteiger partial charge < -0.3 is 9.64 Å². The summed E-state index contributed by atoms with van der Waals surface area (Å²) < 4.78 is 5.38. The number of nitrogens with zero attached hydrogens (tertiary/aromatic N) is 1. The molecule has 0 amide bonds. The van der Waals surface area contributed by atoms with E-state index in [9.17, 15) is 4.79 Å². The van der Waals surface area contributed by atoms with Crippen LogP contribution in [0.1, 0.15) is 33.6 Å². The standard InChI is InChI=1S/C9H17NO2.C2H6/c1-8(11)6-9-7-12-5-3-4-10(9)2;1-2/h9H,3-7H2,1-2H3;1-2H3. The summed E-state index contributed by atoms with van der Waals surface area (Å²) in [5, 5.41) is 0. The summed E-state index contributed by atoms with van der Waals surface area (Å²) in [6.45, 7) is 8.21. The van der Waals surface area contributed by atoms with E-state index in [-0.39, 0.29) is 5.78 Å². The van der Waals surface area contributed by atoms with E-state index in [1.165, 1.54) is 0 Å².